The zero-order valence-corrected chi connectivity index (χ0v) is 34.2. The Morgan fingerprint density at radius 1 is 0.371 bits per heavy atom. The molecule has 0 aliphatic rings. The molecule has 0 atom stereocenters. The van der Waals surface area contributed by atoms with Gasteiger partial charge in [-0.05, 0) is 89.8 Å². The van der Waals surface area contributed by atoms with E-state index in [-0.39, 0.29) is 0 Å². The molecule has 2 nitrogen and oxygen atoms in total. The molecule has 0 unspecified atom stereocenters. The Hall–Kier alpha value is -8.20. The molecule has 9 aromatic carbocycles. The predicted octanol–water partition coefficient (Wildman–Crippen LogP) is 15.9. The maximum atomic E-state index is 5.22. The van der Waals surface area contributed by atoms with Crippen molar-refractivity contribution in [1.82, 2.24) is 4.98 Å². The highest BCUT2D eigenvalue weighted by molar-refractivity contribution is 6.21. The van der Waals surface area contributed by atoms with Crippen molar-refractivity contribution in [2.24, 2.45) is 4.99 Å². The Kier molecular flexibility index (Phi) is 10.5. The second-order valence-electron chi connectivity index (χ2n) is 15.4. The molecule has 10 rings (SSSR count). The van der Waals surface area contributed by atoms with E-state index >= 15 is 0 Å². The number of allylic oxidation sites excluding steroid dienone is 2. The van der Waals surface area contributed by atoms with Gasteiger partial charge in [0.2, 0.25) is 0 Å². The van der Waals surface area contributed by atoms with E-state index < -0.39 is 0 Å². The molecule has 0 saturated heterocycles. The van der Waals surface area contributed by atoms with Gasteiger partial charge in [-0.25, -0.2) is 4.98 Å². The topological polar surface area (TPSA) is 25.2 Å². The van der Waals surface area contributed by atoms with Crippen molar-refractivity contribution in [3.63, 3.8) is 0 Å². The lowest BCUT2D eigenvalue weighted by molar-refractivity contribution is 1.32. The molecular formula is C60H42N2. The normalized spacial score (nSPS) is 11.6. The number of nitrogens with zero attached hydrogens (tertiary/aromatic N) is 2. The van der Waals surface area contributed by atoms with Crippen molar-refractivity contribution in [3.8, 4) is 55.9 Å². The van der Waals surface area contributed by atoms with Crippen molar-refractivity contribution in [1.29, 1.82) is 0 Å². The minimum Gasteiger partial charge on any atom is -0.256 e. The van der Waals surface area contributed by atoms with Gasteiger partial charge in [-0.2, -0.15) is 0 Å². The number of aromatic nitrogens is 1. The van der Waals surface area contributed by atoms with E-state index in [9.17, 15) is 0 Å². The van der Waals surface area contributed by atoms with Gasteiger partial charge in [-0.1, -0.05) is 225 Å². The lowest BCUT2D eigenvalue weighted by atomic mass is 9.84. The number of benzene rings is 9. The van der Waals surface area contributed by atoms with E-state index in [0.29, 0.717) is 0 Å². The third-order valence-corrected chi connectivity index (χ3v) is 11.5. The van der Waals surface area contributed by atoms with E-state index in [1.807, 2.05) is 48.7 Å². The first-order valence-corrected chi connectivity index (χ1v) is 21.0. The van der Waals surface area contributed by atoms with Gasteiger partial charge in [0.15, 0.2) is 0 Å². The zero-order chi connectivity index (χ0) is 41.7. The van der Waals surface area contributed by atoms with Gasteiger partial charge in [-0.3, -0.25) is 4.99 Å². The zero-order valence-electron chi connectivity index (χ0n) is 34.2. The first-order valence-electron chi connectivity index (χ1n) is 21.0. The second kappa shape index (κ2) is 17.2. The van der Waals surface area contributed by atoms with Crippen LogP contribution in [0, 0.1) is 0 Å². The highest BCUT2D eigenvalue weighted by Gasteiger charge is 2.18. The molecule has 1 heterocycles. The lowest BCUT2D eigenvalue weighted by Crippen LogP contribution is -1.93. The van der Waals surface area contributed by atoms with Crippen LogP contribution in [0.5, 0.6) is 0 Å². The van der Waals surface area contributed by atoms with Crippen molar-refractivity contribution in [3.05, 3.63) is 260 Å². The fraction of sp³-hybridized carbons (Fsp3) is 0. The van der Waals surface area contributed by atoms with Crippen LogP contribution in [0.1, 0.15) is 16.7 Å². The van der Waals surface area contributed by atoms with Crippen LogP contribution in [0.4, 0.5) is 0 Å². The number of rotatable bonds is 10. The van der Waals surface area contributed by atoms with E-state index in [0.717, 1.165) is 72.7 Å². The third kappa shape index (κ3) is 7.81. The summed E-state index contributed by atoms with van der Waals surface area (Å²) in [5.74, 6) is 0. The van der Waals surface area contributed by atoms with E-state index in [1.54, 1.807) is 0 Å². The van der Waals surface area contributed by atoms with Gasteiger partial charge >= 0.3 is 0 Å². The monoisotopic (exact) mass is 790 g/mol. The summed E-state index contributed by atoms with van der Waals surface area (Å²) in [5, 5.41) is 4.89. The molecule has 0 N–H and O–H groups in total. The first-order chi connectivity index (χ1) is 30.7. The summed E-state index contributed by atoms with van der Waals surface area (Å²) in [6, 6.07) is 81.2. The second-order valence-corrected chi connectivity index (χ2v) is 15.4. The molecule has 0 aliphatic carbocycles. The van der Waals surface area contributed by atoms with Crippen molar-refractivity contribution in [2.75, 3.05) is 0 Å². The van der Waals surface area contributed by atoms with Gasteiger partial charge in [-0.15, -0.1) is 0 Å². The van der Waals surface area contributed by atoms with Crippen LogP contribution in [0.15, 0.2) is 248 Å². The average molecular weight is 791 g/mol. The van der Waals surface area contributed by atoms with Crippen molar-refractivity contribution < 1.29 is 0 Å². The highest BCUT2D eigenvalue weighted by atomic mass is 14.7. The number of hydrogen-bond acceptors (Lipinski definition) is 2. The molecule has 292 valence electrons. The number of hydrogen-bond donors (Lipinski definition) is 0. The van der Waals surface area contributed by atoms with Crippen LogP contribution in [-0.4, -0.2) is 11.2 Å². The van der Waals surface area contributed by atoms with E-state index in [2.05, 4.69) is 201 Å². The van der Waals surface area contributed by atoms with Crippen LogP contribution in [-0.2, 0) is 0 Å². The van der Waals surface area contributed by atoms with Crippen LogP contribution in [0.2, 0.25) is 0 Å². The molecule has 0 aliphatic heterocycles. The molecule has 62 heavy (non-hydrogen) atoms. The summed E-state index contributed by atoms with van der Waals surface area (Å²) in [5.41, 5.74) is 15.9. The Balaban J connectivity index is 1.06. The fourth-order valence-corrected chi connectivity index (χ4v) is 8.37. The van der Waals surface area contributed by atoms with Crippen molar-refractivity contribution >= 4 is 39.0 Å². The fourth-order valence-electron chi connectivity index (χ4n) is 8.37. The number of pyridine rings is 1. The Labute approximate surface area is 363 Å². The Morgan fingerprint density at radius 3 is 1.31 bits per heavy atom. The summed E-state index contributed by atoms with van der Waals surface area (Å²) in [7, 11) is 0. The molecule has 2 heteroatoms. The van der Waals surface area contributed by atoms with Crippen molar-refractivity contribution in [2.45, 2.75) is 0 Å². The SMILES string of the molecule is C=C(/C=C(\N=C\c1ccc(-c2c(-c3ccc(-c4cc(-c5ccccc5)cc(-c5ccccc5)n4)cc3)c3ccccc3c3ccccc23)cc1)c1ccccc1)c1ccccc1. The van der Waals surface area contributed by atoms with Gasteiger partial charge in [0, 0.05) is 22.9 Å². The molecule has 0 amide bonds. The van der Waals surface area contributed by atoms with E-state index in [1.165, 1.54) is 32.7 Å². The smallest absolute Gasteiger partial charge is 0.0715 e. The molecule has 0 saturated carbocycles. The van der Waals surface area contributed by atoms with Crippen LogP contribution in [0.25, 0.3) is 88.7 Å². The van der Waals surface area contributed by atoms with Gasteiger partial charge in [0.1, 0.15) is 0 Å². The molecule has 0 bridgehead atoms. The third-order valence-electron chi connectivity index (χ3n) is 11.5. The summed E-state index contributed by atoms with van der Waals surface area (Å²) in [6.07, 6.45) is 4.01. The molecule has 0 spiro atoms. The lowest BCUT2D eigenvalue weighted by Gasteiger charge is -2.19. The van der Waals surface area contributed by atoms with Crippen LogP contribution >= 0.6 is 0 Å². The van der Waals surface area contributed by atoms with Gasteiger partial charge in [0.25, 0.3) is 0 Å². The Morgan fingerprint density at radius 2 is 0.774 bits per heavy atom. The predicted molar refractivity (Wildman–Crippen MR) is 264 cm³/mol. The summed E-state index contributed by atoms with van der Waals surface area (Å²) >= 11 is 0. The first kappa shape index (κ1) is 38.0. The molecule has 0 radical (unpaired) electrons. The molecule has 10 aromatic rings. The molecule has 1 aromatic heterocycles. The summed E-state index contributed by atoms with van der Waals surface area (Å²) < 4.78 is 0. The maximum absolute atomic E-state index is 5.22. The quantitative estimate of drug-likeness (QED) is 0.0769. The van der Waals surface area contributed by atoms with Gasteiger partial charge < -0.3 is 0 Å². The number of fused-ring (bicyclic) bond motifs is 3. The van der Waals surface area contributed by atoms with Crippen LogP contribution in [0.3, 0.4) is 0 Å². The van der Waals surface area contributed by atoms with Crippen LogP contribution < -0.4 is 0 Å². The largest absolute Gasteiger partial charge is 0.256 e. The Bertz CT molecular complexity index is 3180. The minimum atomic E-state index is 0.855. The average Bonchev–Trinajstić information content (AvgIpc) is 3.36. The highest BCUT2D eigenvalue weighted by Crippen LogP contribution is 2.45. The summed E-state index contributed by atoms with van der Waals surface area (Å²) in [4.78, 5) is 10.3. The van der Waals surface area contributed by atoms with E-state index in [4.69, 9.17) is 9.98 Å². The van der Waals surface area contributed by atoms with Gasteiger partial charge in [0.05, 0.1) is 17.1 Å². The molecular weight excluding hydrogens is 749 g/mol. The summed E-state index contributed by atoms with van der Waals surface area (Å²) in [6.45, 7) is 4.37. The maximum Gasteiger partial charge on any atom is 0.0715 e. The molecule has 0 fully saturated rings. The minimum absolute atomic E-state index is 0.855. The standard InChI is InChI=1S/C60H42N2/c1-42(44-18-6-2-7-19-44)38-56(46-22-10-4-11-23-46)61-41-43-30-32-49(33-31-43)59-54-28-16-14-26-52(54)53-27-15-17-29-55(53)60(59)50-36-34-48(35-37-50)58-40-51(45-20-8-3-9-21-45)39-57(62-58)47-24-12-5-13-25-47/h2-41H,1H2/b56-38-,61-41+. The number of aliphatic imine (C=N–C) groups is 1.